The standard InChI is InChI=1S/C23H27N5/c1-17-9-10-20(15-18(17)2)24-22-16-21(19-7-5-4-6-8-19)25-23(26-22)28-13-11-27(3)12-14-28/h4-10,15-16H,11-14H2,1-3H3,(H,24,25,26). The number of nitrogens with one attached hydrogen (secondary N) is 1. The summed E-state index contributed by atoms with van der Waals surface area (Å²) in [5.41, 5.74) is 5.64. The van der Waals surface area contributed by atoms with Crippen LogP contribution in [0.2, 0.25) is 0 Å². The molecule has 5 nitrogen and oxygen atoms in total. The molecule has 0 spiro atoms. The molecule has 1 aromatic heterocycles. The zero-order valence-electron chi connectivity index (χ0n) is 16.8. The number of piperazine rings is 1. The van der Waals surface area contributed by atoms with Crippen LogP contribution in [0.15, 0.2) is 54.6 Å². The summed E-state index contributed by atoms with van der Waals surface area (Å²) in [5, 5.41) is 3.48. The molecule has 0 radical (unpaired) electrons. The van der Waals surface area contributed by atoms with Gasteiger partial charge >= 0.3 is 0 Å². The Morgan fingerprint density at radius 2 is 1.57 bits per heavy atom. The molecule has 0 bridgehead atoms. The minimum Gasteiger partial charge on any atom is -0.340 e. The Morgan fingerprint density at radius 1 is 0.821 bits per heavy atom. The highest BCUT2D eigenvalue weighted by molar-refractivity contribution is 5.68. The lowest BCUT2D eigenvalue weighted by molar-refractivity contribution is 0.311. The largest absolute Gasteiger partial charge is 0.340 e. The van der Waals surface area contributed by atoms with Crippen molar-refractivity contribution in [2.24, 2.45) is 0 Å². The van der Waals surface area contributed by atoms with Crippen molar-refractivity contribution in [2.45, 2.75) is 13.8 Å². The summed E-state index contributed by atoms with van der Waals surface area (Å²) < 4.78 is 0. The van der Waals surface area contributed by atoms with E-state index < -0.39 is 0 Å². The molecule has 0 aliphatic carbocycles. The van der Waals surface area contributed by atoms with Crippen molar-refractivity contribution in [3.05, 3.63) is 65.7 Å². The molecule has 0 amide bonds. The molecule has 3 aromatic rings. The molecule has 5 heteroatoms. The zero-order chi connectivity index (χ0) is 19.5. The summed E-state index contributed by atoms with van der Waals surface area (Å²) in [6.45, 7) is 8.20. The molecule has 0 unspecified atom stereocenters. The molecule has 28 heavy (non-hydrogen) atoms. The van der Waals surface area contributed by atoms with E-state index in [1.807, 2.05) is 24.3 Å². The number of nitrogens with zero attached hydrogens (tertiary/aromatic N) is 4. The Morgan fingerprint density at radius 3 is 2.29 bits per heavy atom. The van der Waals surface area contributed by atoms with Gasteiger partial charge in [-0.2, -0.15) is 4.98 Å². The highest BCUT2D eigenvalue weighted by Gasteiger charge is 2.18. The monoisotopic (exact) mass is 373 g/mol. The molecular formula is C23H27N5. The first-order valence-corrected chi connectivity index (χ1v) is 9.81. The summed E-state index contributed by atoms with van der Waals surface area (Å²) in [6, 6.07) is 18.7. The highest BCUT2D eigenvalue weighted by Crippen LogP contribution is 2.26. The fourth-order valence-corrected chi connectivity index (χ4v) is 3.37. The van der Waals surface area contributed by atoms with Gasteiger partial charge in [0.15, 0.2) is 0 Å². The van der Waals surface area contributed by atoms with Gasteiger partial charge < -0.3 is 15.1 Å². The van der Waals surface area contributed by atoms with Gasteiger partial charge in [0.2, 0.25) is 5.95 Å². The van der Waals surface area contributed by atoms with E-state index in [0.29, 0.717) is 0 Å². The van der Waals surface area contributed by atoms with Crippen molar-refractivity contribution >= 4 is 17.5 Å². The molecule has 2 heterocycles. The first-order chi connectivity index (χ1) is 13.6. The van der Waals surface area contributed by atoms with Gasteiger partial charge in [0, 0.05) is 43.5 Å². The maximum absolute atomic E-state index is 4.88. The first-order valence-electron chi connectivity index (χ1n) is 9.81. The van der Waals surface area contributed by atoms with Crippen LogP contribution in [0.25, 0.3) is 11.3 Å². The van der Waals surface area contributed by atoms with Crippen molar-refractivity contribution < 1.29 is 0 Å². The minimum absolute atomic E-state index is 0.792. The Bertz CT molecular complexity index is 946. The zero-order valence-corrected chi connectivity index (χ0v) is 16.8. The summed E-state index contributed by atoms with van der Waals surface area (Å²) in [4.78, 5) is 14.3. The lowest BCUT2D eigenvalue weighted by Crippen LogP contribution is -2.45. The smallest absolute Gasteiger partial charge is 0.227 e. The van der Waals surface area contributed by atoms with E-state index in [-0.39, 0.29) is 0 Å². The van der Waals surface area contributed by atoms with Crippen LogP contribution in [-0.4, -0.2) is 48.1 Å². The summed E-state index contributed by atoms with van der Waals surface area (Å²) in [6.07, 6.45) is 0. The Labute approximate surface area is 167 Å². The van der Waals surface area contributed by atoms with Crippen LogP contribution in [0.1, 0.15) is 11.1 Å². The fraction of sp³-hybridized carbons (Fsp3) is 0.304. The fourth-order valence-electron chi connectivity index (χ4n) is 3.37. The van der Waals surface area contributed by atoms with E-state index in [2.05, 4.69) is 66.3 Å². The quantitative estimate of drug-likeness (QED) is 0.740. The second kappa shape index (κ2) is 7.98. The van der Waals surface area contributed by atoms with E-state index in [9.17, 15) is 0 Å². The minimum atomic E-state index is 0.792. The second-order valence-corrected chi connectivity index (χ2v) is 7.52. The first kappa shape index (κ1) is 18.4. The van der Waals surface area contributed by atoms with Crippen LogP contribution in [0.5, 0.6) is 0 Å². The predicted molar refractivity (Wildman–Crippen MR) is 116 cm³/mol. The molecular weight excluding hydrogens is 346 g/mol. The van der Waals surface area contributed by atoms with Crippen LogP contribution in [0.3, 0.4) is 0 Å². The van der Waals surface area contributed by atoms with Gasteiger partial charge in [0.25, 0.3) is 0 Å². The Hall–Kier alpha value is -2.92. The molecule has 1 aliphatic rings. The molecule has 1 fully saturated rings. The van der Waals surface area contributed by atoms with Gasteiger partial charge in [0.1, 0.15) is 5.82 Å². The van der Waals surface area contributed by atoms with E-state index in [1.165, 1.54) is 11.1 Å². The van der Waals surface area contributed by atoms with Crippen molar-refractivity contribution in [1.29, 1.82) is 0 Å². The molecule has 1 aliphatic heterocycles. The number of anilines is 3. The number of hydrogen-bond acceptors (Lipinski definition) is 5. The van der Waals surface area contributed by atoms with Gasteiger partial charge in [-0.25, -0.2) is 4.98 Å². The molecule has 0 saturated carbocycles. The number of rotatable bonds is 4. The van der Waals surface area contributed by atoms with Crippen molar-refractivity contribution in [1.82, 2.24) is 14.9 Å². The summed E-state index contributed by atoms with van der Waals surface area (Å²) in [7, 11) is 2.16. The van der Waals surface area contributed by atoms with Crippen molar-refractivity contribution in [3.8, 4) is 11.3 Å². The van der Waals surface area contributed by atoms with Gasteiger partial charge in [-0.05, 0) is 44.2 Å². The summed E-state index contributed by atoms with van der Waals surface area (Å²) in [5.74, 6) is 1.62. The van der Waals surface area contributed by atoms with Gasteiger partial charge in [-0.3, -0.25) is 0 Å². The van der Waals surface area contributed by atoms with E-state index in [0.717, 1.165) is 54.9 Å². The molecule has 144 valence electrons. The maximum Gasteiger partial charge on any atom is 0.227 e. The third kappa shape index (κ3) is 4.15. The number of likely N-dealkylation sites (N-methyl/N-ethyl adjacent to an activating group) is 1. The van der Waals surface area contributed by atoms with Crippen LogP contribution in [0.4, 0.5) is 17.5 Å². The molecule has 2 aromatic carbocycles. The van der Waals surface area contributed by atoms with Crippen LogP contribution < -0.4 is 10.2 Å². The average Bonchev–Trinajstić information content (AvgIpc) is 2.72. The number of aryl methyl sites for hydroxylation is 2. The van der Waals surface area contributed by atoms with Crippen LogP contribution in [-0.2, 0) is 0 Å². The Kier molecular flexibility index (Phi) is 5.26. The van der Waals surface area contributed by atoms with Crippen molar-refractivity contribution in [2.75, 3.05) is 43.4 Å². The number of hydrogen-bond donors (Lipinski definition) is 1. The van der Waals surface area contributed by atoms with Crippen molar-refractivity contribution in [3.63, 3.8) is 0 Å². The molecule has 1 N–H and O–H groups in total. The third-order valence-electron chi connectivity index (χ3n) is 5.35. The number of aromatic nitrogens is 2. The highest BCUT2D eigenvalue weighted by atomic mass is 15.3. The molecule has 0 atom stereocenters. The Balaban J connectivity index is 1.70. The third-order valence-corrected chi connectivity index (χ3v) is 5.35. The predicted octanol–water partition coefficient (Wildman–Crippen LogP) is 4.26. The van der Waals surface area contributed by atoms with Gasteiger partial charge in [-0.1, -0.05) is 36.4 Å². The lowest BCUT2D eigenvalue weighted by atomic mass is 10.1. The topological polar surface area (TPSA) is 44.3 Å². The van der Waals surface area contributed by atoms with Crippen LogP contribution in [0, 0.1) is 13.8 Å². The maximum atomic E-state index is 4.88. The lowest BCUT2D eigenvalue weighted by Gasteiger charge is -2.32. The van der Waals surface area contributed by atoms with E-state index in [1.54, 1.807) is 0 Å². The second-order valence-electron chi connectivity index (χ2n) is 7.52. The van der Waals surface area contributed by atoms with E-state index in [4.69, 9.17) is 9.97 Å². The average molecular weight is 374 g/mol. The van der Waals surface area contributed by atoms with Gasteiger partial charge in [-0.15, -0.1) is 0 Å². The van der Waals surface area contributed by atoms with E-state index >= 15 is 0 Å². The molecule has 1 saturated heterocycles. The van der Waals surface area contributed by atoms with Gasteiger partial charge in [0.05, 0.1) is 5.69 Å². The SMILES string of the molecule is Cc1ccc(Nc2cc(-c3ccccc3)nc(N3CCN(C)CC3)n2)cc1C. The normalized spacial score (nSPS) is 14.9. The molecule has 4 rings (SSSR count). The van der Waals surface area contributed by atoms with Crippen LogP contribution >= 0.6 is 0 Å². The number of benzene rings is 2. The summed E-state index contributed by atoms with van der Waals surface area (Å²) >= 11 is 0.